The minimum absolute atomic E-state index is 0.283. The Labute approximate surface area is 115 Å². The van der Waals surface area contributed by atoms with Gasteiger partial charge < -0.3 is 15.3 Å². The van der Waals surface area contributed by atoms with Gasteiger partial charge in [0.2, 0.25) is 0 Å². The lowest BCUT2D eigenvalue weighted by atomic mass is 9.96. The Bertz CT molecular complexity index is 431. The number of hydrogen-bond donors (Lipinski definition) is 2. The summed E-state index contributed by atoms with van der Waals surface area (Å²) >= 11 is 0. The first-order chi connectivity index (χ1) is 9.24. The first-order valence-electron chi connectivity index (χ1n) is 7.50. The zero-order valence-corrected chi connectivity index (χ0v) is 11.7. The van der Waals surface area contributed by atoms with Crippen LogP contribution in [0.5, 0.6) is 0 Å². The zero-order valence-electron chi connectivity index (χ0n) is 11.7. The maximum absolute atomic E-state index is 10.2. The second-order valence-corrected chi connectivity index (χ2v) is 6.01. The maximum Gasteiger partial charge on any atom is 0.0839 e. The van der Waals surface area contributed by atoms with Crippen molar-refractivity contribution < 1.29 is 5.11 Å². The average Bonchev–Trinajstić information content (AvgIpc) is 3.24. The molecular weight excluding hydrogens is 236 g/mol. The summed E-state index contributed by atoms with van der Waals surface area (Å²) < 4.78 is 0. The highest BCUT2D eigenvalue weighted by atomic mass is 16.3. The molecule has 1 fully saturated rings. The van der Waals surface area contributed by atoms with E-state index in [-0.39, 0.29) is 6.10 Å². The number of para-hydroxylation sites is 1. The number of nitrogens with one attached hydrogen (secondary N) is 1. The quantitative estimate of drug-likeness (QED) is 0.849. The molecule has 19 heavy (non-hydrogen) atoms. The molecular formula is C16H24N2O. The highest BCUT2D eigenvalue weighted by molar-refractivity contribution is 5.56. The van der Waals surface area contributed by atoms with Crippen molar-refractivity contribution in [3.8, 4) is 0 Å². The molecule has 3 heteroatoms. The van der Waals surface area contributed by atoms with Gasteiger partial charge >= 0.3 is 0 Å². The second kappa shape index (κ2) is 5.51. The van der Waals surface area contributed by atoms with E-state index in [0.29, 0.717) is 12.1 Å². The minimum atomic E-state index is -0.283. The summed E-state index contributed by atoms with van der Waals surface area (Å²) in [7, 11) is 0. The van der Waals surface area contributed by atoms with Gasteiger partial charge in [0.1, 0.15) is 0 Å². The molecule has 3 rings (SSSR count). The van der Waals surface area contributed by atoms with Crippen molar-refractivity contribution in [1.29, 1.82) is 0 Å². The predicted octanol–water partition coefficient (Wildman–Crippen LogP) is 1.94. The number of benzene rings is 1. The van der Waals surface area contributed by atoms with Crippen molar-refractivity contribution in [2.75, 3.05) is 18.0 Å². The van der Waals surface area contributed by atoms with Gasteiger partial charge in [-0.1, -0.05) is 18.2 Å². The van der Waals surface area contributed by atoms with E-state index in [1.54, 1.807) is 0 Å². The Hall–Kier alpha value is -1.06. The topological polar surface area (TPSA) is 35.5 Å². The van der Waals surface area contributed by atoms with Gasteiger partial charge in [0.05, 0.1) is 6.10 Å². The van der Waals surface area contributed by atoms with Gasteiger partial charge in [-0.2, -0.15) is 0 Å². The van der Waals surface area contributed by atoms with E-state index in [1.807, 2.05) is 0 Å². The number of fused-ring (bicyclic) bond motifs is 1. The molecule has 0 amide bonds. The summed E-state index contributed by atoms with van der Waals surface area (Å²) in [6, 6.07) is 9.79. The van der Waals surface area contributed by atoms with E-state index in [1.165, 1.54) is 30.5 Å². The molecule has 0 saturated heterocycles. The van der Waals surface area contributed by atoms with Crippen LogP contribution in [-0.2, 0) is 6.42 Å². The molecule has 0 spiro atoms. The normalized spacial score (nSPS) is 24.1. The first-order valence-corrected chi connectivity index (χ1v) is 7.50. The number of rotatable bonds is 5. The molecule has 0 radical (unpaired) electrons. The van der Waals surface area contributed by atoms with Gasteiger partial charge in [-0.05, 0) is 44.2 Å². The highest BCUT2D eigenvalue weighted by Gasteiger charge is 2.26. The smallest absolute Gasteiger partial charge is 0.0839 e. The van der Waals surface area contributed by atoms with Crippen molar-refractivity contribution in [3.05, 3.63) is 29.8 Å². The van der Waals surface area contributed by atoms with Gasteiger partial charge in [0, 0.05) is 30.9 Å². The number of anilines is 1. The number of aryl methyl sites for hydroxylation is 1. The summed E-state index contributed by atoms with van der Waals surface area (Å²) in [6.07, 6.45) is 4.60. The fourth-order valence-corrected chi connectivity index (χ4v) is 2.92. The highest BCUT2D eigenvalue weighted by Crippen LogP contribution is 2.30. The Balaban J connectivity index is 1.64. The SMILES string of the molecule is CC1CCc2ccccc2N1CC(O)CNC1CC1. The fraction of sp³-hybridized carbons (Fsp3) is 0.625. The molecule has 2 aliphatic rings. The van der Waals surface area contributed by atoms with Gasteiger partial charge in [-0.25, -0.2) is 0 Å². The minimum Gasteiger partial charge on any atom is -0.390 e. The van der Waals surface area contributed by atoms with Crippen molar-refractivity contribution in [2.24, 2.45) is 0 Å². The van der Waals surface area contributed by atoms with E-state index in [9.17, 15) is 5.11 Å². The molecule has 1 aromatic carbocycles. The fourth-order valence-electron chi connectivity index (χ4n) is 2.92. The van der Waals surface area contributed by atoms with Crippen LogP contribution in [0.1, 0.15) is 31.7 Å². The zero-order chi connectivity index (χ0) is 13.2. The van der Waals surface area contributed by atoms with Crippen LogP contribution >= 0.6 is 0 Å². The molecule has 2 atom stereocenters. The summed E-state index contributed by atoms with van der Waals surface area (Å²) in [4.78, 5) is 2.37. The van der Waals surface area contributed by atoms with E-state index < -0.39 is 0 Å². The average molecular weight is 260 g/mol. The number of hydrogen-bond acceptors (Lipinski definition) is 3. The predicted molar refractivity (Wildman–Crippen MR) is 78.6 cm³/mol. The number of β-amino-alcohol motifs (C(OH)–C–C–N with tert-alkyl or cyclic N) is 1. The van der Waals surface area contributed by atoms with E-state index in [0.717, 1.165) is 19.5 Å². The van der Waals surface area contributed by atoms with Gasteiger partial charge in [0.25, 0.3) is 0 Å². The molecule has 1 aliphatic carbocycles. The molecule has 2 unspecified atom stereocenters. The number of nitrogens with zero attached hydrogens (tertiary/aromatic N) is 1. The number of aliphatic hydroxyl groups is 1. The van der Waals surface area contributed by atoms with Gasteiger partial charge in [0.15, 0.2) is 0 Å². The summed E-state index contributed by atoms with van der Waals surface area (Å²) in [5, 5.41) is 13.6. The van der Waals surface area contributed by atoms with Crippen LogP contribution in [0.15, 0.2) is 24.3 Å². The first kappa shape index (κ1) is 12.9. The lowest BCUT2D eigenvalue weighted by Crippen LogP contribution is -2.45. The van der Waals surface area contributed by atoms with Crippen LogP contribution in [0.25, 0.3) is 0 Å². The van der Waals surface area contributed by atoms with Crippen molar-refractivity contribution in [3.63, 3.8) is 0 Å². The Kier molecular flexibility index (Phi) is 3.76. The maximum atomic E-state index is 10.2. The number of aliphatic hydroxyl groups excluding tert-OH is 1. The molecule has 1 aromatic rings. The monoisotopic (exact) mass is 260 g/mol. The third-order valence-corrected chi connectivity index (χ3v) is 4.29. The van der Waals surface area contributed by atoms with Crippen LogP contribution in [-0.4, -0.2) is 36.4 Å². The van der Waals surface area contributed by atoms with Crippen molar-refractivity contribution in [1.82, 2.24) is 5.32 Å². The molecule has 1 aliphatic heterocycles. The van der Waals surface area contributed by atoms with Crippen LogP contribution in [0.2, 0.25) is 0 Å². The molecule has 0 aromatic heterocycles. The summed E-state index contributed by atoms with van der Waals surface area (Å²) in [6.45, 7) is 3.71. The van der Waals surface area contributed by atoms with E-state index in [2.05, 4.69) is 41.4 Å². The van der Waals surface area contributed by atoms with Gasteiger partial charge in [-0.3, -0.25) is 0 Å². The molecule has 0 bridgehead atoms. The molecule has 2 N–H and O–H groups in total. The van der Waals surface area contributed by atoms with E-state index >= 15 is 0 Å². The summed E-state index contributed by atoms with van der Waals surface area (Å²) in [5.41, 5.74) is 2.73. The standard InChI is InChI=1S/C16H24N2O/c1-12-6-7-13-4-2-3-5-16(13)18(12)11-15(19)10-17-14-8-9-14/h2-5,12,14-15,17,19H,6-11H2,1H3. The Morgan fingerprint density at radius 3 is 2.89 bits per heavy atom. The van der Waals surface area contributed by atoms with E-state index in [4.69, 9.17) is 0 Å². The third-order valence-electron chi connectivity index (χ3n) is 4.29. The molecule has 3 nitrogen and oxygen atoms in total. The Morgan fingerprint density at radius 2 is 2.11 bits per heavy atom. The van der Waals surface area contributed by atoms with Crippen LogP contribution < -0.4 is 10.2 Å². The molecule has 1 saturated carbocycles. The lowest BCUT2D eigenvalue weighted by Gasteiger charge is -2.38. The molecule has 1 heterocycles. The van der Waals surface area contributed by atoms with Crippen LogP contribution in [0, 0.1) is 0 Å². The third kappa shape index (κ3) is 3.10. The van der Waals surface area contributed by atoms with Gasteiger partial charge in [-0.15, -0.1) is 0 Å². The largest absolute Gasteiger partial charge is 0.390 e. The van der Waals surface area contributed by atoms with Crippen LogP contribution in [0.4, 0.5) is 5.69 Å². The lowest BCUT2D eigenvalue weighted by molar-refractivity contribution is 0.173. The summed E-state index contributed by atoms with van der Waals surface area (Å²) in [5.74, 6) is 0. The second-order valence-electron chi connectivity index (χ2n) is 6.01. The van der Waals surface area contributed by atoms with Crippen LogP contribution in [0.3, 0.4) is 0 Å². The molecule has 104 valence electrons. The van der Waals surface area contributed by atoms with Crippen molar-refractivity contribution >= 4 is 5.69 Å². The van der Waals surface area contributed by atoms with Crippen molar-refractivity contribution in [2.45, 2.75) is 50.8 Å². The Morgan fingerprint density at radius 1 is 1.32 bits per heavy atom.